The van der Waals surface area contributed by atoms with Crippen molar-refractivity contribution >= 4 is 5.91 Å². The van der Waals surface area contributed by atoms with Gasteiger partial charge in [0.15, 0.2) is 0 Å². The van der Waals surface area contributed by atoms with Crippen LogP contribution in [-0.4, -0.2) is 27.5 Å². The molecule has 0 radical (unpaired) electrons. The van der Waals surface area contributed by atoms with Crippen LogP contribution in [0.5, 0.6) is 0 Å². The molecular weight excluding hydrogens is 326 g/mol. The van der Waals surface area contributed by atoms with Crippen molar-refractivity contribution in [3.63, 3.8) is 0 Å². The highest BCUT2D eigenvalue weighted by Gasteiger charge is 2.34. The van der Waals surface area contributed by atoms with Crippen LogP contribution in [0.1, 0.15) is 35.9 Å². The molecule has 0 aliphatic carbocycles. The zero-order valence-electron chi connectivity index (χ0n) is 14.8. The molecule has 132 valence electrons. The molecule has 0 saturated carbocycles. The number of hydrogen-bond donors (Lipinski definition) is 0. The Morgan fingerprint density at radius 1 is 1.19 bits per heavy atom. The van der Waals surface area contributed by atoms with Gasteiger partial charge in [-0.3, -0.25) is 4.79 Å². The molecule has 1 amide bonds. The van der Waals surface area contributed by atoms with E-state index in [1.54, 1.807) is 0 Å². The Bertz CT molecular complexity index is 904. The van der Waals surface area contributed by atoms with Gasteiger partial charge in [0, 0.05) is 12.1 Å². The van der Waals surface area contributed by atoms with Gasteiger partial charge in [0.05, 0.1) is 6.42 Å². The minimum Gasteiger partial charge on any atom is -0.337 e. The zero-order chi connectivity index (χ0) is 17.9. The normalized spacial score (nSPS) is 16.8. The number of aromatic nitrogens is 2. The van der Waals surface area contributed by atoms with Crippen LogP contribution in [0.15, 0.2) is 59.1 Å². The standard InChI is InChI=1S/C21H21N3O2/c1-15-7-5-8-16(13-15)14-19(25)24-12-6-11-18(24)21-22-20(23-26-21)17-9-3-2-4-10-17/h2-5,7-10,13,18H,6,11-12,14H2,1H3/t18-/m1/s1. The first-order valence-electron chi connectivity index (χ1n) is 8.95. The maximum Gasteiger partial charge on any atom is 0.249 e. The number of aryl methyl sites for hydroxylation is 1. The molecule has 0 N–H and O–H groups in total. The Balaban J connectivity index is 1.51. The molecule has 0 bridgehead atoms. The van der Waals surface area contributed by atoms with Gasteiger partial charge in [-0.25, -0.2) is 0 Å². The molecule has 1 aliphatic heterocycles. The second-order valence-corrected chi connectivity index (χ2v) is 6.73. The Hall–Kier alpha value is -2.95. The molecule has 1 aromatic heterocycles. The lowest BCUT2D eigenvalue weighted by Crippen LogP contribution is -2.32. The van der Waals surface area contributed by atoms with E-state index < -0.39 is 0 Å². The second kappa shape index (κ2) is 7.12. The lowest BCUT2D eigenvalue weighted by molar-refractivity contribution is -0.131. The molecule has 2 aromatic carbocycles. The number of carbonyl (C=O) groups is 1. The Kier molecular flexibility index (Phi) is 4.52. The van der Waals surface area contributed by atoms with Crippen molar-refractivity contribution in [2.24, 2.45) is 0 Å². The van der Waals surface area contributed by atoms with Gasteiger partial charge >= 0.3 is 0 Å². The van der Waals surface area contributed by atoms with Crippen molar-refractivity contribution in [2.75, 3.05) is 6.54 Å². The number of hydrogen-bond acceptors (Lipinski definition) is 4. The van der Waals surface area contributed by atoms with E-state index >= 15 is 0 Å². The first-order chi connectivity index (χ1) is 12.7. The summed E-state index contributed by atoms with van der Waals surface area (Å²) in [6.07, 6.45) is 2.21. The maximum absolute atomic E-state index is 12.8. The SMILES string of the molecule is Cc1cccc(CC(=O)N2CCC[C@@H]2c2nc(-c3ccccc3)no2)c1. The van der Waals surface area contributed by atoms with Crippen molar-refractivity contribution in [1.82, 2.24) is 15.0 Å². The van der Waals surface area contributed by atoms with Gasteiger partial charge in [-0.2, -0.15) is 4.98 Å². The summed E-state index contributed by atoms with van der Waals surface area (Å²) in [7, 11) is 0. The van der Waals surface area contributed by atoms with E-state index in [1.165, 1.54) is 0 Å². The summed E-state index contributed by atoms with van der Waals surface area (Å²) in [5.74, 6) is 1.20. The molecule has 1 aliphatic rings. The van der Waals surface area contributed by atoms with Crippen LogP contribution in [-0.2, 0) is 11.2 Å². The maximum atomic E-state index is 12.8. The molecule has 4 rings (SSSR count). The van der Waals surface area contributed by atoms with Gasteiger partial charge in [0.25, 0.3) is 0 Å². The Morgan fingerprint density at radius 2 is 2.04 bits per heavy atom. The molecule has 26 heavy (non-hydrogen) atoms. The largest absolute Gasteiger partial charge is 0.337 e. The van der Waals surface area contributed by atoms with E-state index in [2.05, 4.69) is 16.2 Å². The van der Waals surface area contributed by atoms with Crippen LogP contribution in [0.3, 0.4) is 0 Å². The summed E-state index contributed by atoms with van der Waals surface area (Å²) >= 11 is 0. The third-order valence-corrected chi connectivity index (χ3v) is 4.77. The Labute approximate surface area is 152 Å². The summed E-state index contributed by atoms with van der Waals surface area (Å²) in [5.41, 5.74) is 3.12. The summed E-state index contributed by atoms with van der Waals surface area (Å²) in [6, 6.07) is 17.7. The molecule has 0 spiro atoms. The molecular formula is C21H21N3O2. The van der Waals surface area contributed by atoms with Gasteiger partial charge in [-0.05, 0) is 25.3 Å². The number of benzene rings is 2. The first kappa shape index (κ1) is 16.5. The van der Waals surface area contributed by atoms with Gasteiger partial charge < -0.3 is 9.42 Å². The average Bonchev–Trinajstić information content (AvgIpc) is 3.32. The van der Waals surface area contributed by atoms with E-state index in [-0.39, 0.29) is 11.9 Å². The zero-order valence-corrected chi connectivity index (χ0v) is 14.8. The average molecular weight is 347 g/mol. The Morgan fingerprint density at radius 3 is 2.85 bits per heavy atom. The van der Waals surface area contributed by atoms with E-state index in [0.29, 0.717) is 18.1 Å². The molecule has 2 heterocycles. The lowest BCUT2D eigenvalue weighted by atomic mass is 10.1. The highest BCUT2D eigenvalue weighted by molar-refractivity contribution is 5.79. The topological polar surface area (TPSA) is 59.2 Å². The third kappa shape index (κ3) is 3.38. The van der Waals surface area contributed by atoms with Crippen LogP contribution in [0.2, 0.25) is 0 Å². The minimum absolute atomic E-state index is 0.109. The summed E-state index contributed by atoms with van der Waals surface area (Å²) in [6.45, 7) is 2.77. The molecule has 1 saturated heterocycles. The van der Waals surface area contributed by atoms with E-state index in [4.69, 9.17) is 4.52 Å². The molecule has 5 heteroatoms. The van der Waals surface area contributed by atoms with Gasteiger partial charge in [0.1, 0.15) is 6.04 Å². The third-order valence-electron chi connectivity index (χ3n) is 4.77. The highest BCUT2D eigenvalue weighted by atomic mass is 16.5. The number of carbonyl (C=O) groups excluding carboxylic acids is 1. The number of likely N-dealkylation sites (tertiary alicyclic amines) is 1. The molecule has 1 atom stereocenters. The van der Waals surface area contributed by atoms with Crippen molar-refractivity contribution in [2.45, 2.75) is 32.2 Å². The predicted molar refractivity (Wildman–Crippen MR) is 98.3 cm³/mol. The van der Waals surface area contributed by atoms with Crippen molar-refractivity contribution < 1.29 is 9.32 Å². The van der Waals surface area contributed by atoms with Crippen LogP contribution < -0.4 is 0 Å². The summed E-state index contributed by atoms with van der Waals surface area (Å²) in [4.78, 5) is 19.2. The molecule has 3 aromatic rings. The van der Waals surface area contributed by atoms with Gasteiger partial charge in [0.2, 0.25) is 17.6 Å². The molecule has 1 fully saturated rings. The van der Waals surface area contributed by atoms with E-state index in [0.717, 1.165) is 36.1 Å². The fourth-order valence-corrected chi connectivity index (χ4v) is 3.50. The van der Waals surface area contributed by atoms with E-state index in [1.807, 2.05) is 60.4 Å². The highest BCUT2D eigenvalue weighted by Crippen LogP contribution is 2.32. The fraction of sp³-hybridized carbons (Fsp3) is 0.286. The molecule has 0 unspecified atom stereocenters. The van der Waals surface area contributed by atoms with Crippen molar-refractivity contribution in [3.05, 3.63) is 71.6 Å². The van der Waals surface area contributed by atoms with Crippen molar-refractivity contribution in [1.29, 1.82) is 0 Å². The van der Waals surface area contributed by atoms with Crippen molar-refractivity contribution in [3.8, 4) is 11.4 Å². The van der Waals surface area contributed by atoms with Crippen LogP contribution >= 0.6 is 0 Å². The summed E-state index contributed by atoms with van der Waals surface area (Å²) in [5, 5.41) is 4.10. The fourth-order valence-electron chi connectivity index (χ4n) is 3.50. The summed E-state index contributed by atoms with van der Waals surface area (Å²) < 4.78 is 5.50. The van der Waals surface area contributed by atoms with Crippen LogP contribution in [0.4, 0.5) is 0 Å². The monoisotopic (exact) mass is 347 g/mol. The van der Waals surface area contributed by atoms with E-state index in [9.17, 15) is 4.79 Å². The number of nitrogens with zero attached hydrogens (tertiary/aromatic N) is 3. The smallest absolute Gasteiger partial charge is 0.249 e. The first-order valence-corrected chi connectivity index (χ1v) is 8.95. The quantitative estimate of drug-likeness (QED) is 0.717. The predicted octanol–water partition coefficient (Wildman–Crippen LogP) is 3.95. The molecule has 5 nitrogen and oxygen atoms in total. The number of rotatable bonds is 4. The second-order valence-electron chi connectivity index (χ2n) is 6.73. The van der Waals surface area contributed by atoms with Gasteiger partial charge in [-0.15, -0.1) is 0 Å². The van der Waals surface area contributed by atoms with Crippen LogP contribution in [0.25, 0.3) is 11.4 Å². The van der Waals surface area contributed by atoms with Gasteiger partial charge in [-0.1, -0.05) is 65.3 Å². The van der Waals surface area contributed by atoms with Crippen LogP contribution in [0, 0.1) is 6.92 Å². The minimum atomic E-state index is -0.128. The number of amides is 1. The lowest BCUT2D eigenvalue weighted by Gasteiger charge is -2.22.